The second kappa shape index (κ2) is 12.4. The lowest BCUT2D eigenvalue weighted by Crippen LogP contribution is -2.45. The number of carbonyl (C=O) groups excluding carboxylic acids is 3. The zero-order valence-electron chi connectivity index (χ0n) is 21.4. The second-order valence-electron chi connectivity index (χ2n) is 9.06. The molecule has 1 saturated carbocycles. The molecule has 36 heavy (non-hydrogen) atoms. The maximum absolute atomic E-state index is 12.9. The van der Waals surface area contributed by atoms with Crippen molar-refractivity contribution in [3.05, 3.63) is 47.8 Å². The second-order valence-corrected chi connectivity index (χ2v) is 9.06. The molecule has 2 aromatic rings. The first-order valence-electron chi connectivity index (χ1n) is 12.2. The summed E-state index contributed by atoms with van der Waals surface area (Å²) in [5.74, 6) is -0.902. The van der Waals surface area contributed by atoms with Crippen LogP contribution in [0.15, 0.2) is 36.5 Å². The van der Waals surface area contributed by atoms with Crippen molar-refractivity contribution in [1.82, 2.24) is 10.3 Å². The molecule has 1 heterocycles. The lowest BCUT2D eigenvalue weighted by atomic mass is 9.96. The standard InChI is InChI=1S/C27H34N2O7/c1-16-10-12-21(13-11-16)36-24(20-8-6-7-9-20)18(3)34-27(32)17(2)29-26(31)23-25(35-19(4)30)22(33-5)14-15-28-23/h10-15,17-18,20,24H,6-9H2,1-5H3,(H,29,31)/t17-,18-,24-/m0/s1. The van der Waals surface area contributed by atoms with Crippen molar-refractivity contribution in [3.63, 3.8) is 0 Å². The van der Waals surface area contributed by atoms with E-state index in [1.165, 1.54) is 33.2 Å². The topological polar surface area (TPSA) is 113 Å². The lowest BCUT2D eigenvalue weighted by molar-refractivity contribution is -0.156. The molecular weight excluding hydrogens is 464 g/mol. The molecule has 1 amide bonds. The Morgan fingerprint density at radius 2 is 1.72 bits per heavy atom. The number of nitrogens with one attached hydrogen (secondary N) is 1. The molecule has 0 radical (unpaired) electrons. The van der Waals surface area contributed by atoms with Crippen LogP contribution in [-0.2, 0) is 14.3 Å². The summed E-state index contributed by atoms with van der Waals surface area (Å²) in [5.41, 5.74) is 0.954. The number of ether oxygens (including phenoxy) is 4. The van der Waals surface area contributed by atoms with Gasteiger partial charge in [0.15, 0.2) is 11.4 Å². The summed E-state index contributed by atoms with van der Waals surface area (Å²) < 4.78 is 22.3. The molecule has 0 spiro atoms. The minimum Gasteiger partial charge on any atom is -0.493 e. The third kappa shape index (κ3) is 6.96. The fourth-order valence-corrected chi connectivity index (χ4v) is 4.31. The fraction of sp³-hybridized carbons (Fsp3) is 0.481. The lowest BCUT2D eigenvalue weighted by Gasteiger charge is -2.30. The first-order valence-corrected chi connectivity index (χ1v) is 12.2. The quantitative estimate of drug-likeness (QED) is 0.489. The van der Waals surface area contributed by atoms with Gasteiger partial charge in [0.1, 0.15) is 24.0 Å². The smallest absolute Gasteiger partial charge is 0.328 e. The van der Waals surface area contributed by atoms with Crippen LogP contribution in [0.25, 0.3) is 0 Å². The van der Waals surface area contributed by atoms with Crippen molar-refractivity contribution in [3.8, 4) is 17.2 Å². The molecule has 9 heteroatoms. The van der Waals surface area contributed by atoms with Crippen molar-refractivity contribution < 1.29 is 33.3 Å². The molecule has 0 aliphatic heterocycles. The SMILES string of the molecule is COc1ccnc(C(=O)N[C@@H](C)C(=O)O[C@@H](C)[C@H](Oc2ccc(C)cc2)C2CCCC2)c1OC(C)=O. The van der Waals surface area contributed by atoms with Crippen LogP contribution in [0.4, 0.5) is 0 Å². The third-order valence-corrected chi connectivity index (χ3v) is 6.17. The molecule has 1 aromatic heterocycles. The van der Waals surface area contributed by atoms with Crippen molar-refractivity contribution >= 4 is 17.8 Å². The molecule has 9 nitrogen and oxygen atoms in total. The Morgan fingerprint density at radius 1 is 1.06 bits per heavy atom. The summed E-state index contributed by atoms with van der Waals surface area (Å²) in [7, 11) is 1.38. The van der Waals surface area contributed by atoms with E-state index in [2.05, 4.69) is 10.3 Å². The Labute approximate surface area is 211 Å². The number of benzene rings is 1. The zero-order chi connectivity index (χ0) is 26.2. The molecule has 1 aliphatic carbocycles. The molecule has 1 N–H and O–H groups in total. The van der Waals surface area contributed by atoms with Crippen molar-refractivity contribution in [2.24, 2.45) is 5.92 Å². The minimum atomic E-state index is -0.985. The van der Waals surface area contributed by atoms with Crippen LogP contribution in [0.5, 0.6) is 17.2 Å². The molecule has 3 atom stereocenters. The first kappa shape index (κ1) is 27.0. The summed E-state index contributed by atoms with van der Waals surface area (Å²) >= 11 is 0. The van der Waals surface area contributed by atoms with Gasteiger partial charge in [0.2, 0.25) is 5.75 Å². The molecule has 1 fully saturated rings. The van der Waals surface area contributed by atoms with Crippen LogP contribution in [0.3, 0.4) is 0 Å². The average Bonchev–Trinajstić information content (AvgIpc) is 3.37. The van der Waals surface area contributed by atoms with Gasteiger partial charge in [0.25, 0.3) is 5.91 Å². The first-order chi connectivity index (χ1) is 17.2. The van der Waals surface area contributed by atoms with Gasteiger partial charge in [0.05, 0.1) is 7.11 Å². The van der Waals surface area contributed by atoms with Crippen LogP contribution in [-0.4, -0.2) is 48.2 Å². The molecule has 0 unspecified atom stereocenters. The van der Waals surface area contributed by atoms with Gasteiger partial charge in [-0.1, -0.05) is 30.5 Å². The third-order valence-electron chi connectivity index (χ3n) is 6.17. The predicted molar refractivity (Wildman–Crippen MR) is 132 cm³/mol. The average molecular weight is 499 g/mol. The molecule has 0 saturated heterocycles. The number of carbonyl (C=O) groups is 3. The summed E-state index contributed by atoms with van der Waals surface area (Å²) in [6.45, 7) is 6.54. The van der Waals surface area contributed by atoms with Gasteiger partial charge in [-0.05, 0) is 51.7 Å². The summed E-state index contributed by atoms with van der Waals surface area (Å²) in [6, 6.07) is 8.26. The van der Waals surface area contributed by atoms with Crippen molar-refractivity contribution in [2.75, 3.05) is 7.11 Å². The number of aromatic nitrogens is 1. The number of hydrogen-bond donors (Lipinski definition) is 1. The monoisotopic (exact) mass is 498 g/mol. The van der Waals surface area contributed by atoms with Gasteiger partial charge in [-0.25, -0.2) is 9.78 Å². The van der Waals surface area contributed by atoms with Crippen LogP contribution in [0.2, 0.25) is 0 Å². The maximum Gasteiger partial charge on any atom is 0.328 e. The van der Waals surface area contributed by atoms with Crippen molar-refractivity contribution in [2.45, 2.75) is 71.6 Å². The predicted octanol–water partition coefficient (Wildman–Crippen LogP) is 4.01. The van der Waals surface area contributed by atoms with Crippen molar-refractivity contribution in [1.29, 1.82) is 0 Å². The van der Waals surface area contributed by atoms with E-state index in [-0.39, 0.29) is 29.2 Å². The van der Waals surface area contributed by atoms with Crippen LogP contribution >= 0.6 is 0 Å². The summed E-state index contributed by atoms with van der Waals surface area (Å²) in [6.07, 6.45) is 4.75. The highest BCUT2D eigenvalue weighted by Crippen LogP contribution is 2.33. The highest BCUT2D eigenvalue weighted by atomic mass is 16.6. The minimum absolute atomic E-state index is 0.119. The fourth-order valence-electron chi connectivity index (χ4n) is 4.31. The molecule has 194 valence electrons. The van der Waals surface area contributed by atoms with Crippen LogP contribution < -0.4 is 19.5 Å². The van der Waals surface area contributed by atoms with Gasteiger partial charge in [-0.2, -0.15) is 0 Å². The largest absolute Gasteiger partial charge is 0.493 e. The Balaban J connectivity index is 1.68. The highest BCUT2D eigenvalue weighted by Gasteiger charge is 2.34. The van der Waals surface area contributed by atoms with Gasteiger partial charge in [0, 0.05) is 19.2 Å². The van der Waals surface area contributed by atoms with E-state index >= 15 is 0 Å². The molecule has 0 bridgehead atoms. The normalized spacial score (nSPS) is 15.9. The Bertz CT molecular complexity index is 1060. The number of rotatable bonds is 10. The van der Waals surface area contributed by atoms with Gasteiger partial charge >= 0.3 is 11.9 Å². The number of nitrogens with zero attached hydrogens (tertiary/aromatic N) is 1. The highest BCUT2D eigenvalue weighted by molar-refractivity contribution is 5.98. The van der Waals surface area contributed by atoms with E-state index in [1.807, 2.05) is 38.1 Å². The molecule has 1 aliphatic rings. The number of hydrogen-bond acceptors (Lipinski definition) is 8. The van der Waals surface area contributed by atoms with Gasteiger partial charge in [-0.3, -0.25) is 9.59 Å². The van der Waals surface area contributed by atoms with Gasteiger partial charge in [-0.15, -0.1) is 0 Å². The van der Waals surface area contributed by atoms with E-state index in [0.29, 0.717) is 0 Å². The Kier molecular flexibility index (Phi) is 9.27. The van der Waals surface area contributed by atoms with E-state index in [0.717, 1.165) is 37.0 Å². The van der Waals surface area contributed by atoms with Crippen LogP contribution in [0.1, 0.15) is 62.5 Å². The number of amides is 1. The summed E-state index contributed by atoms with van der Waals surface area (Å²) in [4.78, 5) is 41.3. The maximum atomic E-state index is 12.9. The number of esters is 2. The van der Waals surface area contributed by atoms with Gasteiger partial charge < -0.3 is 24.3 Å². The summed E-state index contributed by atoms with van der Waals surface area (Å²) in [5, 5.41) is 2.57. The molecule has 3 rings (SSSR count). The number of aryl methyl sites for hydroxylation is 1. The van der Waals surface area contributed by atoms with E-state index in [9.17, 15) is 14.4 Å². The van der Waals surface area contributed by atoms with E-state index in [1.54, 1.807) is 0 Å². The van der Waals surface area contributed by atoms with E-state index < -0.39 is 30.0 Å². The molecule has 1 aromatic carbocycles. The van der Waals surface area contributed by atoms with E-state index in [4.69, 9.17) is 18.9 Å². The Morgan fingerprint density at radius 3 is 2.33 bits per heavy atom. The number of pyridine rings is 1. The number of methoxy groups -OCH3 is 1. The van der Waals surface area contributed by atoms with Crippen LogP contribution in [0, 0.1) is 12.8 Å². The Hall–Kier alpha value is -3.62. The zero-order valence-corrected chi connectivity index (χ0v) is 21.4. The molecular formula is C27H34N2O7.